The molecule has 0 amide bonds. The highest BCUT2D eigenvalue weighted by Gasteiger charge is 1.98. The van der Waals surface area contributed by atoms with Gasteiger partial charge in [-0.15, -0.1) is 23.4 Å². The molecule has 2 heteroatoms. The minimum Gasteiger partial charge on any atom is -0.127 e. The second kappa shape index (κ2) is 6.36. The molecule has 0 spiro atoms. The van der Waals surface area contributed by atoms with Crippen LogP contribution in [0.3, 0.4) is 0 Å². The maximum atomic E-state index is 5.63. The van der Waals surface area contributed by atoms with Gasteiger partial charge in [-0.3, -0.25) is 0 Å². The van der Waals surface area contributed by atoms with Gasteiger partial charge in [0, 0.05) is 10.8 Å². The Morgan fingerprint density at radius 2 is 2.00 bits per heavy atom. The van der Waals surface area contributed by atoms with Crippen molar-refractivity contribution in [3.63, 3.8) is 0 Å². The smallest absolute Gasteiger partial charge is 0.0223 e. The SMILES string of the molecule is Cc1ccc(C)c(SCCCCCl)c1. The summed E-state index contributed by atoms with van der Waals surface area (Å²) in [6.45, 7) is 4.31. The second-order valence-corrected chi connectivity index (χ2v) is 5.03. The summed E-state index contributed by atoms with van der Waals surface area (Å²) in [7, 11) is 0. The van der Waals surface area contributed by atoms with Crippen molar-refractivity contribution in [3.05, 3.63) is 29.3 Å². The van der Waals surface area contributed by atoms with Crippen molar-refractivity contribution in [3.8, 4) is 0 Å². The highest BCUT2D eigenvalue weighted by atomic mass is 35.5. The standard InChI is InChI=1S/C12H17ClS/c1-10-5-6-11(2)12(9-10)14-8-4-3-7-13/h5-6,9H,3-4,7-8H2,1-2H3. The van der Waals surface area contributed by atoms with Gasteiger partial charge in [0.1, 0.15) is 0 Å². The van der Waals surface area contributed by atoms with Gasteiger partial charge in [-0.1, -0.05) is 17.7 Å². The van der Waals surface area contributed by atoms with E-state index in [4.69, 9.17) is 11.6 Å². The molecule has 0 saturated heterocycles. The summed E-state index contributed by atoms with van der Waals surface area (Å²) in [6.07, 6.45) is 2.33. The molecular formula is C12H17ClS. The van der Waals surface area contributed by atoms with Crippen molar-refractivity contribution in [2.45, 2.75) is 31.6 Å². The fourth-order valence-corrected chi connectivity index (χ4v) is 2.56. The second-order valence-electron chi connectivity index (χ2n) is 3.51. The summed E-state index contributed by atoms with van der Waals surface area (Å²) in [5.74, 6) is 1.96. The van der Waals surface area contributed by atoms with E-state index in [1.165, 1.54) is 28.2 Å². The molecule has 0 atom stereocenters. The van der Waals surface area contributed by atoms with E-state index >= 15 is 0 Å². The quantitative estimate of drug-likeness (QED) is 0.409. The molecule has 0 N–H and O–H groups in total. The van der Waals surface area contributed by atoms with E-state index in [1.807, 2.05) is 11.8 Å². The van der Waals surface area contributed by atoms with Crippen LogP contribution in [0.5, 0.6) is 0 Å². The Kier molecular flexibility index (Phi) is 5.42. The highest BCUT2D eigenvalue weighted by Crippen LogP contribution is 2.24. The summed E-state index contributed by atoms with van der Waals surface area (Å²) in [6, 6.07) is 6.62. The van der Waals surface area contributed by atoms with E-state index in [0.717, 1.165) is 12.3 Å². The van der Waals surface area contributed by atoms with Crippen LogP contribution in [-0.2, 0) is 0 Å². The van der Waals surface area contributed by atoms with Crippen molar-refractivity contribution in [2.75, 3.05) is 11.6 Å². The van der Waals surface area contributed by atoms with Gasteiger partial charge in [0.15, 0.2) is 0 Å². The minimum absolute atomic E-state index is 0.785. The Hall–Kier alpha value is -0.140. The molecule has 0 unspecified atom stereocenters. The number of benzene rings is 1. The Balaban J connectivity index is 2.45. The molecule has 0 aliphatic rings. The number of rotatable bonds is 5. The van der Waals surface area contributed by atoms with Gasteiger partial charge >= 0.3 is 0 Å². The van der Waals surface area contributed by atoms with E-state index in [0.29, 0.717) is 0 Å². The van der Waals surface area contributed by atoms with E-state index in [-0.39, 0.29) is 0 Å². The molecule has 0 nitrogen and oxygen atoms in total. The van der Waals surface area contributed by atoms with Crippen molar-refractivity contribution in [1.82, 2.24) is 0 Å². The first-order chi connectivity index (χ1) is 6.74. The Morgan fingerprint density at radius 1 is 1.21 bits per heavy atom. The predicted molar refractivity (Wildman–Crippen MR) is 66.6 cm³/mol. The molecule has 1 aromatic rings. The number of alkyl halides is 1. The third kappa shape index (κ3) is 3.93. The number of hydrogen-bond donors (Lipinski definition) is 0. The third-order valence-corrected chi connectivity index (χ3v) is 3.64. The van der Waals surface area contributed by atoms with Crippen LogP contribution in [0, 0.1) is 13.8 Å². The van der Waals surface area contributed by atoms with Gasteiger partial charge in [0.2, 0.25) is 0 Å². The summed E-state index contributed by atoms with van der Waals surface area (Å²) < 4.78 is 0. The van der Waals surface area contributed by atoms with Crippen LogP contribution in [-0.4, -0.2) is 11.6 Å². The average Bonchev–Trinajstić information content (AvgIpc) is 2.18. The highest BCUT2D eigenvalue weighted by molar-refractivity contribution is 7.99. The fraction of sp³-hybridized carbons (Fsp3) is 0.500. The van der Waals surface area contributed by atoms with Gasteiger partial charge in [0.25, 0.3) is 0 Å². The van der Waals surface area contributed by atoms with Crippen LogP contribution in [0.1, 0.15) is 24.0 Å². The molecule has 0 aliphatic carbocycles. The lowest BCUT2D eigenvalue weighted by Gasteiger charge is -2.05. The summed E-state index contributed by atoms with van der Waals surface area (Å²) in [5.41, 5.74) is 2.72. The molecule has 0 saturated carbocycles. The first kappa shape index (κ1) is 11.9. The van der Waals surface area contributed by atoms with Crippen LogP contribution in [0.15, 0.2) is 23.1 Å². The van der Waals surface area contributed by atoms with Crippen molar-refractivity contribution >= 4 is 23.4 Å². The maximum Gasteiger partial charge on any atom is 0.0223 e. The minimum atomic E-state index is 0.785. The topological polar surface area (TPSA) is 0 Å². The molecule has 0 heterocycles. The normalized spacial score (nSPS) is 10.5. The molecule has 0 radical (unpaired) electrons. The molecule has 0 fully saturated rings. The van der Waals surface area contributed by atoms with E-state index in [1.54, 1.807) is 0 Å². The molecule has 0 aliphatic heterocycles. The third-order valence-electron chi connectivity index (χ3n) is 2.13. The number of aryl methyl sites for hydroxylation is 2. The Labute approximate surface area is 96.0 Å². The van der Waals surface area contributed by atoms with Crippen LogP contribution in [0.2, 0.25) is 0 Å². The summed E-state index contributed by atoms with van der Waals surface area (Å²) in [4.78, 5) is 1.42. The van der Waals surface area contributed by atoms with Crippen molar-refractivity contribution < 1.29 is 0 Å². The molecular weight excluding hydrogens is 212 g/mol. The lowest BCUT2D eigenvalue weighted by molar-refractivity contribution is 0.902. The largest absolute Gasteiger partial charge is 0.127 e. The Morgan fingerprint density at radius 3 is 2.71 bits per heavy atom. The van der Waals surface area contributed by atoms with Crippen molar-refractivity contribution in [1.29, 1.82) is 0 Å². The first-order valence-electron chi connectivity index (χ1n) is 5.00. The predicted octanol–water partition coefficient (Wildman–Crippen LogP) is 4.41. The first-order valence-corrected chi connectivity index (χ1v) is 6.52. The van der Waals surface area contributed by atoms with E-state index in [9.17, 15) is 0 Å². The number of thioether (sulfide) groups is 1. The summed E-state index contributed by atoms with van der Waals surface area (Å²) in [5, 5.41) is 0. The van der Waals surface area contributed by atoms with Gasteiger partial charge < -0.3 is 0 Å². The van der Waals surface area contributed by atoms with Gasteiger partial charge in [-0.25, -0.2) is 0 Å². The van der Waals surface area contributed by atoms with Crippen LogP contribution in [0.4, 0.5) is 0 Å². The molecule has 78 valence electrons. The zero-order valence-corrected chi connectivity index (χ0v) is 10.4. The van der Waals surface area contributed by atoms with E-state index in [2.05, 4.69) is 32.0 Å². The maximum absolute atomic E-state index is 5.63. The number of unbranched alkanes of at least 4 members (excludes halogenated alkanes) is 1. The molecule has 14 heavy (non-hydrogen) atoms. The van der Waals surface area contributed by atoms with E-state index < -0.39 is 0 Å². The molecule has 1 rings (SSSR count). The molecule has 1 aromatic carbocycles. The van der Waals surface area contributed by atoms with Gasteiger partial charge in [-0.05, 0) is 44.1 Å². The Bertz CT molecular complexity index is 284. The lowest BCUT2D eigenvalue weighted by atomic mass is 10.2. The average molecular weight is 229 g/mol. The summed E-state index contributed by atoms with van der Waals surface area (Å²) >= 11 is 7.57. The lowest BCUT2D eigenvalue weighted by Crippen LogP contribution is -1.85. The molecule has 0 aromatic heterocycles. The zero-order chi connectivity index (χ0) is 10.4. The molecule has 0 bridgehead atoms. The zero-order valence-electron chi connectivity index (χ0n) is 8.85. The van der Waals surface area contributed by atoms with Crippen LogP contribution in [0.25, 0.3) is 0 Å². The fourth-order valence-electron chi connectivity index (χ4n) is 1.24. The van der Waals surface area contributed by atoms with Gasteiger partial charge in [0.05, 0.1) is 0 Å². The van der Waals surface area contributed by atoms with Crippen LogP contribution >= 0.6 is 23.4 Å². The number of hydrogen-bond acceptors (Lipinski definition) is 1. The van der Waals surface area contributed by atoms with Crippen LogP contribution < -0.4 is 0 Å². The van der Waals surface area contributed by atoms with Crippen molar-refractivity contribution in [2.24, 2.45) is 0 Å². The monoisotopic (exact) mass is 228 g/mol. The van der Waals surface area contributed by atoms with Gasteiger partial charge in [-0.2, -0.15) is 0 Å². The number of halogens is 1.